The Balaban J connectivity index is 1.46. The molecule has 0 bridgehead atoms. The zero-order chi connectivity index (χ0) is 27.3. The number of fused-ring (bicyclic) bond motifs is 3. The third-order valence-electron chi connectivity index (χ3n) is 8.79. The number of carbonyl (C=O) groups excluding carboxylic acids is 3. The minimum absolute atomic E-state index is 0.0105. The molecule has 1 unspecified atom stereocenters. The first kappa shape index (κ1) is 26.1. The van der Waals surface area contributed by atoms with Gasteiger partial charge in [0.1, 0.15) is 6.04 Å². The summed E-state index contributed by atoms with van der Waals surface area (Å²) >= 11 is 1.58. The highest BCUT2D eigenvalue weighted by Crippen LogP contribution is 2.61. The van der Waals surface area contributed by atoms with Crippen LogP contribution in [0.4, 0.5) is 5.69 Å². The zero-order valence-electron chi connectivity index (χ0n) is 22.4. The molecule has 4 heterocycles. The number of aliphatic hydroxyl groups excluding tert-OH is 1. The summed E-state index contributed by atoms with van der Waals surface area (Å²) in [5.41, 5.74) is 0.774. The largest absolute Gasteiger partial charge is 0.394 e. The highest BCUT2D eigenvalue weighted by molar-refractivity contribution is 8.02. The van der Waals surface area contributed by atoms with Crippen molar-refractivity contribution in [1.82, 2.24) is 9.80 Å². The van der Waals surface area contributed by atoms with E-state index < -0.39 is 28.7 Å². The third kappa shape index (κ3) is 3.94. The Bertz CT molecular complexity index is 1370. The minimum atomic E-state index is -0.882. The molecule has 2 aromatic carbocycles. The molecular formula is C31H35N3O4S. The van der Waals surface area contributed by atoms with E-state index in [2.05, 4.69) is 6.08 Å². The van der Waals surface area contributed by atoms with Crippen LogP contribution in [0.5, 0.6) is 0 Å². The van der Waals surface area contributed by atoms with Crippen molar-refractivity contribution in [3.63, 3.8) is 0 Å². The first-order valence-electron chi connectivity index (χ1n) is 14.0. The second-order valence-electron chi connectivity index (χ2n) is 10.9. The predicted molar refractivity (Wildman–Crippen MR) is 154 cm³/mol. The number of thioether (sulfide) groups is 1. The van der Waals surface area contributed by atoms with Gasteiger partial charge in [-0.25, -0.2) is 0 Å². The molecule has 0 aromatic heterocycles. The Morgan fingerprint density at radius 3 is 2.54 bits per heavy atom. The molecule has 6 atom stereocenters. The maximum atomic E-state index is 14.6. The summed E-state index contributed by atoms with van der Waals surface area (Å²) in [6.45, 7) is 5.29. The standard InChI is InChI=1S/C31H35N3O4S/c1-3-15-32-16-7-11-24-25(28(32)36)26-29(37)34(22(4-2)19-35)27-30(38)33(17-8-14-31(26,27)39-24)23-13-12-20-9-5-6-10-21(20)18-23/h5-14,18,22,24-27,35H,3-4,15-17,19H2,1-2H3/t22-,24+,25-,26-,27?,31-/m0/s1. The number of carbonyl (C=O) groups is 3. The van der Waals surface area contributed by atoms with E-state index in [-0.39, 0.29) is 29.6 Å². The smallest absolute Gasteiger partial charge is 0.251 e. The van der Waals surface area contributed by atoms with E-state index in [0.29, 0.717) is 26.1 Å². The number of amides is 3. The average Bonchev–Trinajstić information content (AvgIpc) is 3.27. The van der Waals surface area contributed by atoms with Crippen LogP contribution in [0, 0.1) is 11.8 Å². The normalized spacial score (nSPS) is 30.8. The maximum absolute atomic E-state index is 14.6. The molecule has 1 N–H and O–H groups in total. The fourth-order valence-corrected chi connectivity index (χ4v) is 8.98. The van der Waals surface area contributed by atoms with Crippen molar-refractivity contribution in [3.05, 3.63) is 66.8 Å². The third-order valence-corrected chi connectivity index (χ3v) is 10.5. The zero-order valence-corrected chi connectivity index (χ0v) is 23.2. The molecule has 7 nitrogen and oxygen atoms in total. The summed E-state index contributed by atoms with van der Waals surface area (Å²) in [7, 11) is 0. The van der Waals surface area contributed by atoms with E-state index in [4.69, 9.17) is 0 Å². The predicted octanol–water partition coefficient (Wildman–Crippen LogP) is 3.62. The lowest BCUT2D eigenvalue weighted by molar-refractivity contribution is -0.144. The maximum Gasteiger partial charge on any atom is 0.251 e. The monoisotopic (exact) mass is 545 g/mol. The van der Waals surface area contributed by atoms with E-state index >= 15 is 0 Å². The summed E-state index contributed by atoms with van der Waals surface area (Å²) in [5.74, 6) is -1.57. The van der Waals surface area contributed by atoms with Crippen molar-refractivity contribution in [2.75, 3.05) is 31.1 Å². The van der Waals surface area contributed by atoms with Crippen molar-refractivity contribution < 1.29 is 19.5 Å². The quantitative estimate of drug-likeness (QED) is 0.561. The summed E-state index contributed by atoms with van der Waals surface area (Å²) in [4.78, 5) is 48.1. The molecule has 0 saturated carbocycles. The number of aliphatic hydroxyl groups is 1. The molecule has 4 aliphatic rings. The summed E-state index contributed by atoms with van der Waals surface area (Å²) in [6, 6.07) is 12.7. The summed E-state index contributed by atoms with van der Waals surface area (Å²) in [6.07, 6.45) is 9.48. The molecular weight excluding hydrogens is 510 g/mol. The van der Waals surface area contributed by atoms with Crippen LogP contribution >= 0.6 is 11.8 Å². The minimum Gasteiger partial charge on any atom is -0.394 e. The van der Waals surface area contributed by atoms with Crippen LogP contribution in [0.1, 0.15) is 26.7 Å². The molecule has 6 rings (SSSR count). The van der Waals surface area contributed by atoms with Crippen LogP contribution < -0.4 is 4.90 Å². The van der Waals surface area contributed by atoms with Gasteiger partial charge in [0.25, 0.3) is 5.91 Å². The van der Waals surface area contributed by atoms with Crippen molar-refractivity contribution in [2.24, 2.45) is 11.8 Å². The van der Waals surface area contributed by atoms with Gasteiger partial charge >= 0.3 is 0 Å². The molecule has 204 valence electrons. The van der Waals surface area contributed by atoms with Crippen LogP contribution in [0.3, 0.4) is 0 Å². The van der Waals surface area contributed by atoms with E-state index in [9.17, 15) is 19.5 Å². The molecule has 4 aliphatic heterocycles. The molecule has 0 radical (unpaired) electrons. The van der Waals surface area contributed by atoms with Gasteiger partial charge in [0.15, 0.2) is 0 Å². The SMILES string of the molecule is CCCN1CC=C[C@H]2S[C@]34C=CCN(c5ccc6ccccc6c5)C(=O)C3N([C@@H](CC)CO)C(=O)[C@@H]4[C@H]2C1=O. The van der Waals surface area contributed by atoms with Gasteiger partial charge in [-0.2, -0.15) is 0 Å². The lowest BCUT2D eigenvalue weighted by atomic mass is 9.78. The molecule has 2 aromatic rings. The lowest BCUT2D eigenvalue weighted by Crippen LogP contribution is -2.56. The van der Waals surface area contributed by atoms with Gasteiger partial charge in [0.2, 0.25) is 11.8 Å². The molecule has 0 aliphatic carbocycles. The van der Waals surface area contributed by atoms with Crippen molar-refractivity contribution in [3.8, 4) is 0 Å². The number of rotatable bonds is 6. The van der Waals surface area contributed by atoms with Gasteiger partial charge in [-0.1, -0.05) is 68.5 Å². The van der Waals surface area contributed by atoms with Crippen molar-refractivity contribution >= 4 is 45.9 Å². The molecule has 39 heavy (non-hydrogen) atoms. The summed E-state index contributed by atoms with van der Waals surface area (Å²) < 4.78 is -0.882. The number of hydrogen-bond acceptors (Lipinski definition) is 5. The molecule has 2 fully saturated rings. The number of hydrogen-bond donors (Lipinski definition) is 1. The number of anilines is 1. The number of benzene rings is 2. The Morgan fingerprint density at radius 2 is 1.79 bits per heavy atom. The van der Waals surface area contributed by atoms with E-state index in [1.807, 2.05) is 79.4 Å². The van der Waals surface area contributed by atoms with Crippen LogP contribution in [-0.2, 0) is 14.4 Å². The van der Waals surface area contributed by atoms with Gasteiger partial charge in [-0.15, -0.1) is 11.8 Å². The Morgan fingerprint density at radius 1 is 1.00 bits per heavy atom. The Hall–Kier alpha value is -3.10. The van der Waals surface area contributed by atoms with Gasteiger partial charge in [0, 0.05) is 30.6 Å². The van der Waals surface area contributed by atoms with Gasteiger partial charge in [-0.05, 0) is 35.7 Å². The average molecular weight is 546 g/mol. The highest BCUT2D eigenvalue weighted by atomic mass is 32.2. The van der Waals surface area contributed by atoms with Gasteiger partial charge in [-0.3, -0.25) is 14.4 Å². The first-order chi connectivity index (χ1) is 18.9. The fourth-order valence-electron chi connectivity index (χ4n) is 6.98. The molecule has 2 saturated heterocycles. The second-order valence-corrected chi connectivity index (χ2v) is 12.4. The number of nitrogens with zero attached hydrogens (tertiary/aromatic N) is 3. The number of likely N-dealkylation sites (tertiary alicyclic amines) is 1. The van der Waals surface area contributed by atoms with E-state index in [1.54, 1.807) is 21.6 Å². The van der Waals surface area contributed by atoms with Gasteiger partial charge < -0.3 is 19.8 Å². The van der Waals surface area contributed by atoms with Crippen LogP contribution in [0.25, 0.3) is 10.8 Å². The molecule has 3 amide bonds. The van der Waals surface area contributed by atoms with Crippen molar-refractivity contribution in [2.45, 2.75) is 48.8 Å². The Kier molecular flexibility index (Phi) is 6.79. The summed E-state index contributed by atoms with van der Waals surface area (Å²) in [5, 5.41) is 12.3. The Labute approximate surface area is 233 Å². The van der Waals surface area contributed by atoms with Crippen molar-refractivity contribution in [1.29, 1.82) is 0 Å². The second kappa shape index (κ2) is 10.1. The lowest BCUT2D eigenvalue weighted by Gasteiger charge is -2.38. The fraction of sp³-hybridized carbons (Fsp3) is 0.452. The first-order valence-corrected chi connectivity index (χ1v) is 14.9. The van der Waals surface area contributed by atoms with Crippen LogP contribution in [0.15, 0.2) is 66.8 Å². The molecule has 8 heteroatoms. The highest BCUT2D eigenvalue weighted by Gasteiger charge is 2.71. The van der Waals surface area contributed by atoms with E-state index in [0.717, 1.165) is 22.9 Å². The van der Waals surface area contributed by atoms with Crippen LogP contribution in [0.2, 0.25) is 0 Å². The van der Waals surface area contributed by atoms with E-state index in [1.165, 1.54) is 0 Å². The van der Waals surface area contributed by atoms with Crippen LogP contribution in [-0.4, -0.2) is 80.9 Å². The topological polar surface area (TPSA) is 81.2 Å². The molecule has 1 spiro atoms. The van der Waals surface area contributed by atoms with Gasteiger partial charge in [0.05, 0.1) is 29.2 Å².